The summed E-state index contributed by atoms with van der Waals surface area (Å²) in [7, 11) is 1.64. The van der Waals surface area contributed by atoms with Crippen LogP contribution in [0.2, 0.25) is 0 Å². The zero-order valence-electron chi connectivity index (χ0n) is 11.8. The minimum atomic E-state index is -0.705. The molecule has 0 radical (unpaired) electrons. The van der Waals surface area contributed by atoms with E-state index in [4.69, 9.17) is 5.73 Å². The highest BCUT2D eigenvalue weighted by molar-refractivity contribution is 5.86. The molecule has 1 aliphatic heterocycles. The molecule has 1 unspecified atom stereocenters. The van der Waals surface area contributed by atoms with Gasteiger partial charge >= 0.3 is 0 Å². The van der Waals surface area contributed by atoms with Gasteiger partial charge in [0, 0.05) is 33.2 Å². The van der Waals surface area contributed by atoms with E-state index in [2.05, 4.69) is 10.2 Å². The molecule has 2 rings (SSSR count). The summed E-state index contributed by atoms with van der Waals surface area (Å²) in [4.78, 5) is 27.6. The molecule has 1 atom stereocenters. The van der Waals surface area contributed by atoms with E-state index in [0.29, 0.717) is 25.6 Å². The fraction of sp³-hybridized carbons (Fsp3) is 0.846. The van der Waals surface area contributed by atoms with Gasteiger partial charge < -0.3 is 16.0 Å². The van der Waals surface area contributed by atoms with Gasteiger partial charge in [-0.3, -0.25) is 14.5 Å². The SMILES string of the molecule is CNC(=O)CN1CCN(C(=O)C(C)(N)C2CC2)CC1. The van der Waals surface area contributed by atoms with E-state index in [1.807, 2.05) is 11.8 Å². The lowest BCUT2D eigenvalue weighted by Gasteiger charge is -2.38. The number of nitrogens with one attached hydrogen (secondary N) is 1. The number of piperazine rings is 1. The van der Waals surface area contributed by atoms with Crippen molar-refractivity contribution in [1.82, 2.24) is 15.1 Å². The zero-order valence-corrected chi connectivity index (χ0v) is 11.8. The molecule has 108 valence electrons. The normalized spacial score (nSPS) is 23.8. The highest BCUT2D eigenvalue weighted by atomic mass is 16.2. The quantitative estimate of drug-likeness (QED) is 0.686. The minimum Gasteiger partial charge on any atom is -0.358 e. The van der Waals surface area contributed by atoms with Gasteiger partial charge in [-0.25, -0.2) is 0 Å². The predicted molar refractivity (Wildman–Crippen MR) is 72.4 cm³/mol. The van der Waals surface area contributed by atoms with Crippen molar-refractivity contribution in [3.05, 3.63) is 0 Å². The number of nitrogens with zero attached hydrogens (tertiary/aromatic N) is 2. The van der Waals surface area contributed by atoms with Crippen LogP contribution in [0, 0.1) is 5.92 Å². The first kappa shape index (κ1) is 14.3. The van der Waals surface area contributed by atoms with Gasteiger partial charge in [0.25, 0.3) is 0 Å². The van der Waals surface area contributed by atoms with Crippen LogP contribution in [0.4, 0.5) is 0 Å². The zero-order chi connectivity index (χ0) is 14.0. The Kier molecular flexibility index (Phi) is 4.10. The van der Waals surface area contributed by atoms with Crippen LogP contribution in [0.1, 0.15) is 19.8 Å². The molecule has 6 heteroatoms. The molecule has 2 aliphatic rings. The number of likely N-dealkylation sites (N-methyl/N-ethyl adjacent to an activating group) is 1. The van der Waals surface area contributed by atoms with E-state index in [9.17, 15) is 9.59 Å². The Hall–Kier alpha value is -1.14. The van der Waals surface area contributed by atoms with Crippen molar-refractivity contribution in [2.45, 2.75) is 25.3 Å². The third-order valence-electron chi connectivity index (χ3n) is 4.19. The standard InChI is InChI=1S/C13H24N4O2/c1-13(14,10-3-4-10)12(19)17-7-5-16(6-8-17)9-11(18)15-2/h10H,3-9,14H2,1-2H3,(H,15,18). The second-order valence-electron chi connectivity index (χ2n) is 5.80. The molecule has 1 saturated heterocycles. The van der Waals surface area contributed by atoms with Crippen molar-refractivity contribution in [3.63, 3.8) is 0 Å². The minimum absolute atomic E-state index is 0.0152. The van der Waals surface area contributed by atoms with Crippen molar-refractivity contribution in [2.75, 3.05) is 39.8 Å². The van der Waals surface area contributed by atoms with Crippen LogP contribution < -0.4 is 11.1 Å². The number of carbonyl (C=O) groups is 2. The third-order valence-corrected chi connectivity index (χ3v) is 4.19. The van der Waals surface area contributed by atoms with Gasteiger partial charge in [0.2, 0.25) is 11.8 Å². The van der Waals surface area contributed by atoms with Gasteiger partial charge in [0.1, 0.15) is 0 Å². The molecule has 6 nitrogen and oxygen atoms in total. The molecule has 1 heterocycles. The van der Waals surface area contributed by atoms with Crippen LogP contribution in [-0.2, 0) is 9.59 Å². The van der Waals surface area contributed by atoms with Crippen LogP contribution in [0.25, 0.3) is 0 Å². The summed E-state index contributed by atoms with van der Waals surface area (Å²) in [6, 6.07) is 0. The molecular weight excluding hydrogens is 244 g/mol. The van der Waals surface area contributed by atoms with Crippen molar-refractivity contribution in [2.24, 2.45) is 11.7 Å². The molecule has 1 saturated carbocycles. The van der Waals surface area contributed by atoms with Crippen molar-refractivity contribution >= 4 is 11.8 Å². The molecule has 2 fully saturated rings. The second kappa shape index (κ2) is 5.46. The lowest BCUT2D eigenvalue weighted by Crippen LogP contribution is -2.59. The molecule has 0 aromatic rings. The maximum absolute atomic E-state index is 12.4. The van der Waals surface area contributed by atoms with Gasteiger partial charge in [-0.1, -0.05) is 0 Å². The van der Waals surface area contributed by atoms with Gasteiger partial charge in [-0.05, 0) is 25.7 Å². The summed E-state index contributed by atoms with van der Waals surface area (Å²) in [5.41, 5.74) is 5.46. The van der Waals surface area contributed by atoms with E-state index in [1.54, 1.807) is 7.05 Å². The van der Waals surface area contributed by atoms with Crippen LogP contribution >= 0.6 is 0 Å². The van der Waals surface area contributed by atoms with Gasteiger partial charge in [-0.15, -0.1) is 0 Å². The summed E-state index contributed by atoms with van der Waals surface area (Å²) in [6.07, 6.45) is 2.13. The summed E-state index contributed by atoms with van der Waals surface area (Å²) in [5, 5.41) is 2.61. The predicted octanol–water partition coefficient (Wildman–Crippen LogP) is -0.996. The van der Waals surface area contributed by atoms with E-state index in [1.165, 1.54) is 0 Å². The number of amides is 2. The molecule has 0 spiro atoms. The van der Waals surface area contributed by atoms with Crippen LogP contribution in [-0.4, -0.2) is 66.9 Å². The Morgan fingerprint density at radius 1 is 1.26 bits per heavy atom. The Bertz CT molecular complexity index is 358. The Labute approximate surface area is 114 Å². The van der Waals surface area contributed by atoms with Crippen LogP contribution in [0.5, 0.6) is 0 Å². The highest BCUT2D eigenvalue weighted by Crippen LogP contribution is 2.39. The van der Waals surface area contributed by atoms with Crippen molar-refractivity contribution in [3.8, 4) is 0 Å². The Morgan fingerprint density at radius 3 is 2.32 bits per heavy atom. The molecular formula is C13H24N4O2. The number of hydrogen-bond acceptors (Lipinski definition) is 4. The average Bonchev–Trinajstić information content (AvgIpc) is 3.23. The summed E-state index contributed by atoms with van der Waals surface area (Å²) >= 11 is 0. The maximum atomic E-state index is 12.4. The molecule has 0 bridgehead atoms. The van der Waals surface area contributed by atoms with E-state index < -0.39 is 5.54 Å². The molecule has 19 heavy (non-hydrogen) atoms. The molecule has 0 aromatic heterocycles. The number of carbonyl (C=O) groups excluding carboxylic acids is 2. The smallest absolute Gasteiger partial charge is 0.242 e. The molecule has 1 aliphatic carbocycles. The van der Waals surface area contributed by atoms with Crippen LogP contribution in [0.15, 0.2) is 0 Å². The van der Waals surface area contributed by atoms with Crippen molar-refractivity contribution in [1.29, 1.82) is 0 Å². The summed E-state index contributed by atoms with van der Waals surface area (Å²) in [5.74, 6) is 0.430. The van der Waals surface area contributed by atoms with Crippen molar-refractivity contribution < 1.29 is 9.59 Å². The fourth-order valence-electron chi connectivity index (χ4n) is 2.59. The maximum Gasteiger partial charge on any atom is 0.242 e. The van der Waals surface area contributed by atoms with Gasteiger partial charge in [0.05, 0.1) is 12.1 Å². The first-order chi connectivity index (χ1) is 8.95. The van der Waals surface area contributed by atoms with E-state index >= 15 is 0 Å². The highest BCUT2D eigenvalue weighted by Gasteiger charge is 2.46. The lowest BCUT2D eigenvalue weighted by molar-refractivity contribution is -0.139. The lowest BCUT2D eigenvalue weighted by atomic mass is 9.95. The number of rotatable bonds is 4. The number of hydrogen-bond donors (Lipinski definition) is 2. The summed E-state index contributed by atoms with van der Waals surface area (Å²) in [6.45, 7) is 5.05. The second-order valence-corrected chi connectivity index (χ2v) is 5.80. The van der Waals surface area contributed by atoms with Gasteiger partial charge in [0.15, 0.2) is 0 Å². The Balaban J connectivity index is 1.82. The first-order valence-corrected chi connectivity index (χ1v) is 6.96. The summed E-state index contributed by atoms with van der Waals surface area (Å²) < 4.78 is 0. The van der Waals surface area contributed by atoms with E-state index in [0.717, 1.165) is 25.9 Å². The van der Waals surface area contributed by atoms with Gasteiger partial charge in [-0.2, -0.15) is 0 Å². The van der Waals surface area contributed by atoms with Crippen LogP contribution in [0.3, 0.4) is 0 Å². The largest absolute Gasteiger partial charge is 0.358 e. The topological polar surface area (TPSA) is 78.7 Å². The number of nitrogens with two attached hydrogens (primary N) is 1. The fourth-order valence-corrected chi connectivity index (χ4v) is 2.59. The molecule has 3 N–H and O–H groups in total. The average molecular weight is 268 g/mol. The first-order valence-electron chi connectivity index (χ1n) is 6.96. The molecule has 0 aromatic carbocycles. The Morgan fingerprint density at radius 2 is 1.84 bits per heavy atom. The van der Waals surface area contributed by atoms with E-state index in [-0.39, 0.29) is 11.8 Å². The third kappa shape index (κ3) is 3.25. The molecule has 2 amide bonds. The monoisotopic (exact) mass is 268 g/mol.